The van der Waals surface area contributed by atoms with Gasteiger partial charge in [-0.2, -0.15) is 0 Å². The molecule has 3 aliphatic heterocycles. The zero-order valence-corrected chi connectivity index (χ0v) is 14.4. The molecule has 0 amide bonds. The van der Waals surface area contributed by atoms with E-state index in [1.807, 2.05) is 22.8 Å². The molecule has 3 aliphatic rings. The maximum Gasteiger partial charge on any atom is 0.261 e. The number of aromatic nitrogens is 1. The maximum atomic E-state index is 13.0. The van der Waals surface area contributed by atoms with Crippen LogP contribution < -0.4 is 5.56 Å². The Kier molecular flexibility index (Phi) is 3.79. The molecule has 2 fully saturated rings. The Hall–Kier alpha value is -1.85. The summed E-state index contributed by atoms with van der Waals surface area (Å²) in [4.78, 5) is 15.7. The van der Waals surface area contributed by atoms with Crippen molar-refractivity contribution in [3.8, 4) is 11.3 Å². The molecule has 5 nitrogen and oxygen atoms in total. The van der Waals surface area contributed by atoms with E-state index in [9.17, 15) is 4.79 Å². The zero-order chi connectivity index (χ0) is 16.8. The smallest absolute Gasteiger partial charge is 0.261 e. The molecule has 132 valence electrons. The van der Waals surface area contributed by atoms with Gasteiger partial charge in [-0.05, 0) is 49.4 Å². The van der Waals surface area contributed by atoms with Crippen molar-refractivity contribution >= 4 is 0 Å². The number of rotatable bonds is 2. The largest absolute Gasteiger partial charge is 0.464 e. The number of nitrogens with zero attached hydrogens (tertiary/aromatic N) is 2. The Bertz CT molecular complexity index is 805. The Labute approximate surface area is 147 Å². The van der Waals surface area contributed by atoms with E-state index in [1.54, 1.807) is 6.26 Å². The zero-order valence-electron chi connectivity index (χ0n) is 14.4. The molecule has 2 unspecified atom stereocenters. The fourth-order valence-electron chi connectivity index (χ4n) is 4.95. The lowest BCUT2D eigenvalue weighted by atomic mass is 9.82. The molecule has 0 spiro atoms. The lowest BCUT2D eigenvalue weighted by molar-refractivity contribution is 0.00588. The van der Waals surface area contributed by atoms with Crippen molar-refractivity contribution in [1.82, 2.24) is 9.47 Å². The molecule has 0 radical (unpaired) electrons. The highest BCUT2D eigenvalue weighted by molar-refractivity contribution is 5.56. The molecule has 5 heterocycles. The number of hydrogen-bond donors (Lipinski definition) is 0. The topological polar surface area (TPSA) is 47.6 Å². The average molecular weight is 340 g/mol. The van der Waals surface area contributed by atoms with Crippen LogP contribution in [-0.4, -0.2) is 41.8 Å². The van der Waals surface area contributed by atoms with Crippen molar-refractivity contribution in [3.63, 3.8) is 0 Å². The minimum atomic E-state index is 0.0988. The molecule has 0 aliphatic carbocycles. The van der Waals surface area contributed by atoms with Crippen LogP contribution >= 0.6 is 0 Å². The second kappa shape index (κ2) is 6.15. The van der Waals surface area contributed by atoms with Crippen LogP contribution in [0, 0.1) is 5.92 Å². The van der Waals surface area contributed by atoms with Crippen molar-refractivity contribution < 1.29 is 9.15 Å². The van der Waals surface area contributed by atoms with E-state index in [4.69, 9.17) is 9.15 Å². The van der Waals surface area contributed by atoms with Gasteiger partial charge >= 0.3 is 0 Å². The molecule has 2 atom stereocenters. The second-order valence-corrected chi connectivity index (χ2v) is 7.66. The predicted octanol–water partition coefficient (Wildman–Crippen LogP) is 2.71. The summed E-state index contributed by atoms with van der Waals surface area (Å²) in [6, 6.07) is 8.44. The van der Waals surface area contributed by atoms with E-state index in [2.05, 4.69) is 11.0 Å². The number of ether oxygens (including phenoxy) is 1. The normalized spacial score (nSPS) is 27.2. The SMILES string of the molecule is O=c1c(-c2ccco2)ccc2n1CC1CC2CN(C2CCOCC2)C1. The molecular formula is C20H24N2O3. The first-order valence-corrected chi connectivity index (χ1v) is 9.39. The second-order valence-electron chi connectivity index (χ2n) is 7.66. The molecule has 25 heavy (non-hydrogen) atoms. The summed E-state index contributed by atoms with van der Waals surface area (Å²) in [7, 11) is 0. The molecular weight excluding hydrogens is 316 g/mol. The Balaban J connectivity index is 1.46. The van der Waals surface area contributed by atoms with Crippen LogP contribution in [0.15, 0.2) is 39.7 Å². The van der Waals surface area contributed by atoms with Crippen LogP contribution in [0.25, 0.3) is 11.3 Å². The first kappa shape index (κ1) is 15.4. The van der Waals surface area contributed by atoms with Gasteiger partial charge < -0.3 is 13.7 Å². The van der Waals surface area contributed by atoms with Crippen LogP contribution in [0.5, 0.6) is 0 Å². The average Bonchev–Trinajstić information content (AvgIpc) is 3.18. The minimum absolute atomic E-state index is 0.0988. The van der Waals surface area contributed by atoms with Gasteiger partial charge in [-0.25, -0.2) is 0 Å². The van der Waals surface area contributed by atoms with Gasteiger partial charge in [0.05, 0.1) is 11.8 Å². The molecule has 2 aromatic heterocycles. The molecule has 5 rings (SSSR count). The molecule has 2 bridgehead atoms. The number of likely N-dealkylation sites (tertiary alicyclic amines) is 1. The first-order valence-electron chi connectivity index (χ1n) is 9.39. The highest BCUT2D eigenvalue weighted by Crippen LogP contribution is 2.37. The molecule has 0 aromatic carbocycles. The molecule has 2 aromatic rings. The summed E-state index contributed by atoms with van der Waals surface area (Å²) in [6.07, 6.45) is 5.12. The number of furan rings is 1. The Morgan fingerprint density at radius 2 is 1.92 bits per heavy atom. The number of fused-ring (bicyclic) bond motifs is 4. The maximum absolute atomic E-state index is 13.0. The van der Waals surface area contributed by atoms with E-state index in [0.29, 0.717) is 29.2 Å². The van der Waals surface area contributed by atoms with E-state index in [0.717, 1.165) is 45.7 Å². The van der Waals surface area contributed by atoms with Gasteiger partial charge in [0.25, 0.3) is 5.56 Å². The van der Waals surface area contributed by atoms with Gasteiger partial charge in [0.1, 0.15) is 5.76 Å². The summed E-state index contributed by atoms with van der Waals surface area (Å²) in [5.74, 6) is 1.70. The fourth-order valence-corrected chi connectivity index (χ4v) is 4.95. The predicted molar refractivity (Wildman–Crippen MR) is 94.7 cm³/mol. The molecule has 2 saturated heterocycles. The fraction of sp³-hybridized carbons (Fsp3) is 0.550. The van der Waals surface area contributed by atoms with Crippen molar-refractivity contribution in [2.24, 2.45) is 5.92 Å². The van der Waals surface area contributed by atoms with Crippen LogP contribution in [0.1, 0.15) is 30.9 Å². The van der Waals surface area contributed by atoms with Crippen LogP contribution in [0.4, 0.5) is 0 Å². The lowest BCUT2D eigenvalue weighted by Gasteiger charge is -2.46. The Morgan fingerprint density at radius 3 is 2.72 bits per heavy atom. The summed E-state index contributed by atoms with van der Waals surface area (Å²) >= 11 is 0. The van der Waals surface area contributed by atoms with E-state index in [-0.39, 0.29) is 5.56 Å². The molecule has 5 heteroatoms. The highest BCUT2D eigenvalue weighted by atomic mass is 16.5. The van der Waals surface area contributed by atoms with Crippen LogP contribution in [0.2, 0.25) is 0 Å². The van der Waals surface area contributed by atoms with Crippen molar-refractivity contribution in [2.45, 2.75) is 37.8 Å². The van der Waals surface area contributed by atoms with E-state index >= 15 is 0 Å². The van der Waals surface area contributed by atoms with Crippen molar-refractivity contribution in [2.75, 3.05) is 26.3 Å². The van der Waals surface area contributed by atoms with E-state index < -0.39 is 0 Å². The number of pyridine rings is 1. The van der Waals surface area contributed by atoms with E-state index in [1.165, 1.54) is 12.1 Å². The van der Waals surface area contributed by atoms with Gasteiger partial charge in [0, 0.05) is 50.5 Å². The summed E-state index contributed by atoms with van der Waals surface area (Å²) in [5, 5.41) is 0. The standard InChI is InChI=1S/C20H24N2O3/c23-20-17(19-2-1-7-25-19)3-4-18-15-10-14(12-22(18)20)11-21(13-15)16-5-8-24-9-6-16/h1-4,7,14-16H,5-6,8-13H2. The van der Waals surface area contributed by atoms with Gasteiger partial charge in [-0.1, -0.05) is 0 Å². The third-order valence-electron chi connectivity index (χ3n) is 6.13. The van der Waals surface area contributed by atoms with Gasteiger partial charge in [-0.15, -0.1) is 0 Å². The highest BCUT2D eigenvalue weighted by Gasteiger charge is 2.37. The van der Waals surface area contributed by atoms with Gasteiger partial charge in [0.2, 0.25) is 0 Å². The molecule has 0 saturated carbocycles. The Morgan fingerprint density at radius 1 is 1.04 bits per heavy atom. The number of hydrogen-bond acceptors (Lipinski definition) is 4. The van der Waals surface area contributed by atoms with Crippen molar-refractivity contribution in [3.05, 3.63) is 46.6 Å². The van der Waals surface area contributed by atoms with Crippen LogP contribution in [0.3, 0.4) is 0 Å². The monoisotopic (exact) mass is 340 g/mol. The minimum Gasteiger partial charge on any atom is -0.464 e. The summed E-state index contributed by atoms with van der Waals surface area (Å²) in [6.45, 7) is 4.79. The number of piperidine rings is 1. The third kappa shape index (κ3) is 2.66. The van der Waals surface area contributed by atoms with Gasteiger partial charge in [0.15, 0.2) is 0 Å². The quantitative estimate of drug-likeness (QED) is 0.843. The van der Waals surface area contributed by atoms with Crippen LogP contribution in [-0.2, 0) is 11.3 Å². The lowest BCUT2D eigenvalue weighted by Crippen LogP contribution is -2.51. The third-order valence-corrected chi connectivity index (χ3v) is 6.13. The first-order chi connectivity index (χ1) is 12.3. The van der Waals surface area contributed by atoms with Gasteiger partial charge in [-0.3, -0.25) is 9.69 Å². The van der Waals surface area contributed by atoms with Crippen molar-refractivity contribution in [1.29, 1.82) is 0 Å². The molecule has 0 N–H and O–H groups in total. The summed E-state index contributed by atoms with van der Waals surface area (Å²) < 4.78 is 13.0. The summed E-state index contributed by atoms with van der Waals surface area (Å²) in [5.41, 5.74) is 1.98.